The lowest BCUT2D eigenvalue weighted by molar-refractivity contribution is 0.386. The molecule has 0 saturated heterocycles. The fraction of sp³-hybridized carbons (Fsp3) is 0.304. The van der Waals surface area contributed by atoms with Crippen LogP contribution in [0.15, 0.2) is 57.1 Å². The van der Waals surface area contributed by atoms with Crippen LogP contribution in [0.25, 0.3) is 5.69 Å². The number of unbranched alkanes of at least 4 members (excludes halogenated alkanes) is 1. The average molecular weight is 459 g/mol. The Bertz CT molecular complexity index is 1260. The molecule has 8 nitrogen and oxygen atoms in total. The van der Waals surface area contributed by atoms with Gasteiger partial charge < -0.3 is 14.6 Å². The molecule has 2 aromatic carbocycles. The molecule has 0 aliphatic heterocycles. The van der Waals surface area contributed by atoms with Gasteiger partial charge in [0.2, 0.25) is 15.7 Å². The summed E-state index contributed by atoms with van der Waals surface area (Å²) in [5.74, 6) is -0.0162. The fourth-order valence-electron chi connectivity index (χ4n) is 3.39. The predicted octanol–water partition coefficient (Wildman–Crippen LogP) is 3.44. The molecule has 0 amide bonds. The van der Waals surface area contributed by atoms with Gasteiger partial charge >= 0.3 is 0 Å². The van der Waals surface area contributed by atoms with Gasteiger partial charge in [-0.3, -0.25) is 9.36 Å². The van der Waals surface area contributed by atoms with Crippen LogP contribution in [0.4, 0.5) is 0 Å². The van der Waals surface area contributed by atoms with Gasteiger partial charge in [-0.15, -0.1) is 0 Å². The first-order valence-electron chi connectivity index (χ1n) is 10.1. The number of methoxy groups -OCH3 is 2. The lowest BCUT2D eigenvalue weighted by Crippen LogP contribution is -2.29. The first-order chi connectivity index (χ1) is 15.3. The number of para-hydroxylation sites is 1. The molecule has 0 aliphatic rings. The SMILES string of the molecule is CCCCc1nc(O)c(S(=O)(=O)c2ccc(C)cc2)c(=O)n1-c1c(OC)cccc1OC. The van der Waals surface area contributed by atoms with Gasteiger partial charge in [-0.1, -0.05) is 37.1 Å². The summed E-state index contributed by atoms with van der Waals surface area (Å²) in [5, 5.41) is 10.6. The van der Waals surface area contributed by atoms with Crippen LogP contribution in [0.5, 0.6) is 17.4 Å². The molecular formula is C23H26N2O6S. The van der Waals surface area contributed by atoms with Gasteiger partial charge in [0.05, 0.1) is 19.1 Å². The van der Waals surface area contributed by atoms with Crippen molar-refractivity contribution in [1.29, 1.82) is 0 Å². The molecule has 1 N–H and O–H groups in total. The third-order valence-electron chi connectivity index (χ3n) is 5.07. The van der Waals surface area contributed by atoms with Crippen LogP contribution in [0.1, 0.15) is 31.2 Å². The summed E-state index contributed by atoms with van der Waals surface area (Å²) < 4.78 is 38.7. The van der Waals surface area contributed by atoms with Crippen LogP contribution in [-0.2, 0) is 16.3 Å². The zero-order chi connectivity index (χ0) is 23.5. The zero-order valence-electron chi connectivity index (χ0n) is 18.5. The molecule has 1 aromatic heterocycles. The number of aromatic nitrogens is 2. The number of rotatable bonds is 8. The smallest absolute Gasteiger partial charge is 0.281 e. The van der Waals surface area contributed by atoms with Crippen LogP contribution >= 0.6 is 0 Å². The molecule has 9 heteroatoms. The molecule has 0 unspecified atom stereocenters. The molecule has 170 valence electrons. The van der Waals surface area contributed by atoms with E-state index in [1.165, 1.54) is 26.4 Å². The van der Waals surface area contributed by atoms with Crippen molar-refractivity contribution in [2.75, 3.05) is 14.2 Å². The van der Waals surface area contributed by atoms with Crippen molar-refractivity contribution >= 4 is 9.84 Å². The standard InChI is InChI=1S/C23H26N2O6S/c1-5-6-10-19-24-22(26)21(32(28,29)16-13-11-15(2)12-14-16)23(27)25(19)20-17(30-3)8-7-9-18(20)31-4/h7-9,11-14,26H,5-6,10H2,1-4H3. The maximum Gasteiger partial charge on any atom is 0.281 e. The highest BCUT2D eigenvalue weighted by atomic mass is 32.2. The second-order valence-electron chi connectivity index (χ2n) is 7.25. The van der Waals surface area contributed by atoms with E-state index in [4.69, 9.17) is 9.47 Å². The van der Waals surface area contributed by atoms with Crippen molar-refractivity contribution in [3.05, 3.63) is 64.2 Å². The Kier molecular flexibility index (Phi) is 6.88. The van der Waals surface area contributed by atoms with Crippen LogP contribution in [0, 0.1) is 6.92 Å². The Labute approximate surface area is 187 Å². The molecule has 0 saturated carbocycles. The molecule has 0 spiro atoms. The fourth-order valence-corrected chi connectivity index (χ4v) is 4.73. The highest BCUT2D eigenvalue weighted by Gasteiger charge is 2.31. The van der Waals surface area contributed by atoms with E-state index >= 15 is 0 Å². The van der Waals surface area contributed by atoms with Gasteiger partial charge in [0.1, 0.15) is 23.0 Å². The quantitative estimate of drug-likeness (QED) is 0.551. The zero-order valence-corrected chi connectivity index (χ0v) is 19.3. The number of benzene rings is 2. The van der Waals surface area contributed by atoms with Crippen molar-refractivity contribution in [3.63, 3.8) is 0 Å². The van der Waals surface area contributed by atoms with E-state index in [0.717, 1.165) is 16.6 Å². The predicted molar refractivity (Wildman–Crippen MR) is 120 cm³/mol. The Balaban J connectivity index is 2.40. The summed E-state index contributed by atoms with van der Waals surface area (Å²) in [6.45, 7) is 3.79. The maximum absolute atomic E-state index is 13.7. The highest BCUT2D eigenvalue weighted by Crippen LogP contribution is 2.34. The summed E-state index contributed by atoms with van der Waals surface area (Å²) in [7, 11) is -1.48. The number of nitrogens with zero attached hydrogens (tertiary/aromatic N) is 2. The van der Waals surface area contributed by atoms with E-state index in [-0.39, 0.29) is 16.4 Å². The summed E-state index contributed by atoms with van der Waals surface area (Å²) in [4.78, 5) is 16.9. The second kappa shape index (κ2) is 9.44. The number of sulfone groups is 1. The van der Waals surface area contributed by atoms with E-state index in [2.05, 4.69) is 4.98 Å². The summed E-state index contributed by atoms with van der Waals surface area (Å²) in [6, 6.07) is 11.0. The van der Waals surface area contributed by atoms with Crippen LogP contribution in [0.2, 0.25) is 0 Å². The topological polar surface area (TPSA) is 108 Å². The first-order valence-corrected chi connectivity index (χ1v) is 11.6. The lowest BCUT2D eigenvalue weighted by atomic mass is 10.2. The third-order valence-corrected chi connectivity index (χ3v) is 6.86. The van der Waals surface area contributed by atoms with Crippen molar-refractivity contribution < 1.29 is 23.0 Å². The Morgan fingerprint density at radius 3 is 2.16 bits per heavy atom. The van der Waals surface area contributed by atoms with Crippen molar-refractivity contribution in [1.82, 2.24) is 9.55 Å². The van der Waals surface area contributed by atoms with Gasteiger partial charge in [-0.25, -0.2) is 8.42 Å². The third kappa shape index (κ3) is 4.20. The van der Waals surface area contributed by atoms with Crippen LogP contribution in [-0.4, -0.2) is 37.3 Å². The number of aryl methyl sites for hydroxylation is 2. The van der Waals surface area contributed by atoms with Gasteiger partial charge in [0.25, 0.3) is 5.56 Å². The molecule has 0 aliphatic carbocycles. The summed E-state index contributed by atoms with van der Waals surface area (Å²) in [5.41, 5.74) is 0.158. The monoisotopic (exact) mass is 458 g/mol. The molecule has 0 atom stereocenters. The summed E-state index contributed by atoms with van der Waals surface area (Å²) in [6.07, 6.45) is 1.82. The average Bonchev–Trinajstić information content (AvgIpc) is 2.77. The largest absolute Gasteiger partial charge is 0.494 e. The summed E-state index contributed by atoms with van der Waals surface area (Å²) >= 11 is 0. The van der Waals surface area contributed by atoms with E-state index in [1.807, 2.05) is 13.8 Å². The minimum absolute atomic E-state index is 0.114. The Hall–Kier alpha value is -3.33. The van der Waals surface area contributed by atoms with Crippen molar-refractivity contribution in [2.24, 2.45) is 0 Å². The van der Waals surface area contributed by atoms with Crippen LogP contribution < -0.4 is 15.0 Å². The Morgan fingerprint density at radius 1 is 1.03 bits per heavy atom. The number of hydrogen-bond donors (Lipinski definition) is 1. The maximum atomic E-state index is 13.7. The minimum Gasteiger partial charge on any atom is -0.494 e. The van der Waals surface area contributed by atoms with E-state index < -0.39 is 26.2 Å². The number of hydrogen-bond acceptors (Lipinski definition) is 7. The van der Waals surface area contributed by atoms with Gasteiger partial charge in [0, 0.05) is 6.42 Å². The van der Waals surface area contributed by atoms with Gasteiger partial charge in [-0.05, 0) is 37.6 Å². The van der Waals surface area contributed by atoms with Crippen molar-refractivity contribution in [2.45, 2.75) is 42.9 Å². The first kappa shape index (κ1) is 23.3. The lowest BCUT2D eigenvalue weighted by Gasteiger charge is -2.19. The normalized spacial score (nSPS) is 11.4. The Morgan fingerprint density at radius 2 is 1.62 bits per heavy atom. The van der Waals surface area contributed by atoms with E-state index in [9.17, 15) is 18.3 Å². The molecule has 3 rings (SSSR count). The number of aromatic hydroxyl groups is 1. The molecular weight excluding hydrogens is 432 g/mol. The van der Waals surface area contributed by atoms with Gasteiger partial charge in [0.15, 0.2) is 4.90 Å². The minimum atomic E-state index is -4.35. The van der Waals surface area contributed by atoms with Gasteiger partial charge in [-0.2, -0.15) is 4.98 Å². The number of ether oxygens (including phenoxy) is 2. The van der Waals surface area contributed by atoms with Crippen molar-refractivity contribution in [3.8, 4) is 23.1 Å². The van der Waals surface area contributed by atoms with E-state index in [0.29, 0.717) is 24.3 Å². The van der Waals surface area contributed by atoms with Crippen LogP contribution in [0.3, 0.4) is 0 Å². The highest BCUT2D eigenvalue weighted by molar-refractivity contribution is 7.91. The second-order valence-corrected chi connectivity index (χ2v) is 9.14. The molecule has 1 heterocycles. The molecule has 3 aromatic rings. The molecule has 0 radical (unpaired) electrons. The molecule has 0 bridgehead atoms. The molecule has 0 fully saturated rings. The van der Waals surface area contributed by atoms with E-state index in [1.54, 1.807) is 30.3 Å². The molecule has 32 heavy (non-hydrogen) atoms.